The third-order valence-corrected chi connectivity index (χ3v) is 6.19. The van der Waals surface area contributed by atoms with Crippen LogP contribution in [0.25, 0.3) is 0 Å². The SMILES string of the molecule is CC1CC(C)CC(NC2CCC3CCCCC3C2)C1. The van der Waals surface area contributed by atoms with Crippen molar-refractivity contribution in [2.45, 2.75) is 90.1 Å². The number of nitrogens with one attached hydrogen (secondary N) is 1. The van der Waals surface area contributed by atoms with Gasteiger partial charge >= 0.3 is 0 Å². The molecule has 1 heteroatoms. The molecule has 3 aliphatic carbocycles. The van der Waals surface area contributed by atoms with E-state index in [4.69, 9.17) is 0 Å². The van der Waals surface area contributed by atoms with E-state index in [-0.39, 0.29) is 0 Å². The summed E-state index contributed by atoms with van der Waals surface area (Å²) in [6, 6.07) is 1.67. The van der Waals surface area contributed by atoms with Crippen LogP contribution in [0, 0.1) is 23.7 Å². The minimum Gasteiger partial charge on any atom is -0.311 e. The first-order valence-electron chi connectivity index (χ1n) is 8.96. The summed E-state index contributed by atoms with van der Waals surface area (Å²) < 4.78 is 0. The lowest BCUT2D eigenvalue weighted by Crippen LogP contribution is -2.46. The summed E-state index contributed by atoms with van der Waals surface area (Å²) >= 11 is 0. The number of rotatable bonds is 2. The van der Waals surface area contributed by atoms with Gasteiger partial charge in [0.15, 0.2) is 0 Å². The molecule has 3 fully saturated rings. The Labute approximate surface area is 119 Å². The molecule has 0 heterocycles. The molecule has 0 aromatic rings. The van der Waals surface area contributed by atoms with E-state index in [9.17, 15) is 0 Å². The molecular formula is C18H33N. The van der Waals surface area contributed by atoms with E-state index >= 15 is 0 Å². The summed E-state index contributed by atoms with van der Waals surface area (Å²) in [5.41, 5.74) is 0. The van der Waals surface area contributed by atoms with Crippen molar-refractivity contribution in [1.82, 2.24) is 5.32 Å². The van der Waals surface area contributed by atoms with Crippen LogP contribution < -0.4 is 5.32 Å². The second kappa shape index (κ2) is 6.16. The normalized spacial score (nSPS) is 47.7. The van der Waals surface area contributed by atoms with Crippen molar-refractivity contribution in [2.75, 3.05) is 0 Å². The quantitative estimate of drug-likeness (QED) is 0.757. The van der Waals surface area contributed by atoms with Gasteiger partial charge in [0.2, 0.25) is 0 Å². The minimum absolute atomic E-state index is 0.823. The van der Waals surface area contributed by atoms with Gasteiger partial charge < -0.3 is 5.32 Å². The van der Waals surface area contributed by atoms with Gasteiger partial charge in [-0.1, -0.05) is 39.5 Å². The predicted molar refractivity (Wildman–Crippen MR) is 82.2 cm³/mol. The van der Waals surface area contributed by atoms with E-state index in [1.165, 1.54) is 64.2 Å². The van der Waals surface area contributed by atoms with E-state index in [2.05, 4.69) is 19.2 Å². The molecule has 0 radical (unpaired) electrons. The molecular weight excluding hydrogens is 230 g/mol. The van der Waals surface area contributed by atoms with E-state index in [1.807, 2.05) is 0 Å². The third kappa shape index (κ3) is 3.54. The molecule has 0 aromatic carbocycles. The molecule has 0 spiro atoms. The number of fused-ring (bicyclic) bond motifs is 1. The largest absolute Gasteiger partial charge is 0.311 e. The molecule has 0 saturated heterocycles. The topological polar surface area (TPSA) is 12.0 Å². The van der Waals surface area contributed by atoms with Crippen LogP contribution >= 0.6 is 0 Å². The van der Waals surface area contributed by atoms with Gasteiger partial charge in [0.25, 0.3) is 0 Å². The monoisotopic (exact) mass is 263 g/mol. The zero-order chi connectivity index (χ0) is 13.2. The first-order chi connectivity index (χ1) is 9.20. The molecule has 19 heavy (non-hydrogen) atoms. The predicted octanol–water partition coefficient (Wildman–Crippen LogP) is 4.76. The maximum absolute atomic E-state index is 4.05. The van der Waals surface area contributed by atoms with Crippen LogP contribution in [0.2, 0.25) is 0 Å². The van der Waals surface area contributed by atoms with Crippen molar-refractivity contribution in [3.8, 4) is 0 Å². The molecule has 3 saturated carbocycles. The van der Waals surface area contributed by atoms with Gasteiger partial charge in [0.1, 0.15) is 0 Å². The fourth-order valence-electron chi connectivity index (χ4n) is 5.44. The van der Waals surface area contributed by atoms with Gasteiger partial charge in [-0.2, -0.15) is 0 Å². The van der Waals surface area contributed by atoms with E-state index in [0.29, 0.717) is 0 Å². The number of hydrogen-bond acceptors (Lipinski definition) is 1. The highest BCUT2D eigenvalue weighted by Crippen LogP contribution is 2.41. The summed E-state index contributed by atoms with van der Waals surface area (Å²) in [4.78, 5) is 0. The maximum atomic E-state index is 4.05. The van der Waals surface area contributed by atoms with Crippen LogP contribution in [0.3, 0.4) is 0 Å². The molecule has 3 rings (SSSR count). The standard InChI is InChI=1S/C18H33N/c1-13-9-14(2)11-18(10-13)19-17-8-7-15-5-3-4-6-16(15)12-17/h13-19H,3-12H2,1-2H3. The summed E-state index contributed by atoms with van der Waals surface area (Å²) in [6.45, 7) is 4.89. The Morgan fingerprint density at radius 2 is 1.32 bits per heavy atom. The highest BCUT2D eigenvalue weighted by molar-refractivity contribution is 4.89. The Hall–Kier alpha value is -0.0400. The minimum atomic E-state index is 0.823. The first kappa shape index (κ1) is 13.9. The van der Waals surface area contributed by atoms with Crippen molar-refractivity contribution in [3.05, 3.63) is 0 Å². The Morgan fingerprint density at radius 3 is 2.05 bits per heavy atom. The lowest BCUT2D eigenvalue weighted by atomic mass is 9.69. The molecule has 5 atom stereocenters. The van der Waals surface area contributed by atoms with Crippen molar-refractivity contribution in [2.24, 2.45) is 23.7 Å². The second-order valence-corrected chi connectivity index (χ2v) is 8.10. The van der Waals surface area contributed by atoms with Crippen molar-refractivity contribution in [1.29, 1.82) is 0 Å². The van der Waals surface area contributed by atoms with Crippen molar-refractivity contribution >= 4 is 0 Å². The Kier molecular flexibility index (Phi) is 4.51. The lowest BCUT2D eigenvalue weighted by molar-refractivity contribution is 0.126. The summed E-state index contributed by atoms with van der Waals surface area (Å²) in [7, 11) is 0. The maximum Gasteiger partial charge on any atom is 0.00747 e. The highest BCUT2D eigenvalue weighted by atomic mass is 15.0. The molecule has 110 valence electrons. The van der Waals surface area contributed by atoms with Gasteiger partial charge in [0.05, 0.1) is 0 Å². The van der Waals surface area contributed by atoms with Crippen LogP contribution in [-0.4, -0.2) is 12.1 Å². The zero-order valence-corrected chi connectivity index (χ0v) is 13.0. The summed E-state index contributed by atoms with van der Waals surface area (Å²) in [5, 5.41) is 4.05. The Balaban J connectivity index is 1.50. The van der Waals surface area contributed by atoms with E-state index in [0.717, 1.165) is 35.8 Å². The zero-order valence-electron chi connectivity index (χ0n) is 13.0. The molecule has 3 aliphatic rings. The molecule has 1 nitrogen and oxygen atoms in total. The highest BCUT2D eigenvalue weighted by Gasteiger charge is 2.33. The molecule has 1 N–H and O–H groups in total. The Bertz CT molecular complexity index is 277. The molecule has 0 bridgehead atoms. The molecule has 0 aliphatic heterocycles. The average molecular weight is 263 g/mol. The fourth-order valence-corrected chi connectivity index (χ4v) is 5.44. The van der Waals surface area contributed by atoms with Gasteiger partial charge in [-0.25, -0.2) is 0 Å². The van der Waals surface area contributed by atoms with Crippen LogP contribution in [0.15, 0.2) is 0 Å². The van der Waals surface area contributed by atoms with Crippen molar-refractivity contribution < 1.29 is 0 Å². The summed E-state index contributed by atoms with van der Waals surface area (Å²) in [6.07, 6.45) is 14.8. The smallest absolute Gasteiger partial charge is 0.00747 e. The third-order valence-electron chi connectivity index (χ3n) is 6.19. The lowest BCUT2D eigenvalue weighted by Gasteiger charge is -2.42. The van der Waals surface area contributed by atoms with E-state index < -0.39 is 0 Å². The van der Waals surface area contributed by atoms with Crippen LogP contribution in [-0.2, 0) is 0 Å². The first-order valence-corrected chi connectivity index (χ1v) is 8.96. The fraction of sp³-hybridized carbons (Fsp3) is 1.00. The average Bonchev–Trinajstić information content (AvgIpc) is 2.37. The van der Waals surface area contributed by atoms with E-state index in [1.54, 1.807) is 0 Å². The van der Waals surface area contributed by atoms with Gasteiger partial charge in [0, 0.05) is 12.1 Å². The van der Waals surface area contributed by atoms with Crippen molar-refractivity contribution in [3.63, 3.8) is 0 Å². The van der Waals surface area contributed by atoms with Crippen LogP contribution in [0.1, 0.15) is 78.1 Å². The second-order valence-electron chi connectivity index (χ2n) is 8.10. The van der Waals surface area contributed by atoms with Gasteiger partial charge in [-0.3, -0.25) is 0 Å². The number of hydrogen-bond donors (Lipinski definition) is 1. The Morgan fingerprint density at radius 1 is 0.632 bits per heavy atom. The molecule has 0 aromatic heterocycles. The van der Waals surface area contributed by atoms with Gasteiger partial charge in [-0.15, -0.1) is 0 Å². The van der Waals surface area contributed by atoms with Gasteiger partial charge in [-0.05, 0) is 62.2 Å². The summed E-state index contributed by atoms with van der Waals surface area (Å²) in [5.74, 6) is 4.04. The van der Waals surface area contributed by atoms with Crippen LogP contribution in [0.4, 0.5) is 0 Å². The molecule has 0 amide bonds. The molecule has 5 unspecified atom stereocenters. The van der Waals surface area contributed by atoms with Crippen LogP contribution in [0.5, 0.6) is 0 Å².